The zero-order valence-electron chi connectivity index (χ0n) is 14.1. The lowest BCUT2D eigenvalue weighted by Crippen LogP contribution is -2.48. The fraction of sp³-hybridized carbons (Fsp3) is 0.368. The van der Waals surface area contributed by atoms with Gasteiger partial charge in [0.2, 0.25) is 10.0 Å². The minimum Gasteiger partial charge on any atom is -0.301 e. The van der Waals surface area contributed by atoms with E-state index >= 15 is 0 Å². The normalized spacial score (nSPS) is 16.8. The van der Waals surface area contributed by atoms with Gasteiger partial charge in [-0.3, -0.25) is 0 Å². The summed E-state index contributed by atoms with van der Waals surface area (Å²) in [6.45, 7) is 3.27. The molecule has 0 bridgehead atoms. The molecule has 1 aliphatic rings. The lowest BCUT2D eigenvalue weighted by Gasteiger charge is -2.34. The van der Waals surface area contributed by atoms with Gasteiger partial charge in [0.25, 0.3) is 0 Å². The summed E-state index contributed by atoms with van der Waals surface area (Å²) in [5.41, 5.74) is 0.743. The zero-order chi connectivity index (χ0) is 17.7. The highest BCUT2D eigenvalue weighted by molar-refractivity contribution is 7.89. The summed E-state index contributed by atoms with van der Waals surface area (Å²) < 4.78 is 40.4. The molecule has 3 rings (SSSR count). The number of piperazine rings is 1. The van der Waals surface area contributed by atoms with Crippen LogP contribution < -0.4 is 0 Å². The first-order chi connectivity index (χ1) is 12.1. The largest absolute Gasteiger partial charge is 0.301 e. The minimum atomic E-state index is -3.40. The Balaban J connectivity index is 1.48. The van der Waals surface area contributed by atoms with Gasteiger partial charge in [-0.1, -0.05) is 36.4 Å². The summed E-state index contributed by atoms with van der Waals surface area (Å²) >= 11 is 0. The monoisotopic (exact) mass is 362 g/mol. The van der Waals surface area contributed by atoms with Crippen molar-refractivity contribution >= 4 is 10.0 Å². The summed E-state index contributed by atoms with van der Waals surface area (Å²) in [5.74, 6) is -0.152. The van der Waals surface area contributed by atoms with Gasteiger partial charge in [0, 0.05) is 26.2 Å². The Morgan fingerprint density at radius 1 is 0.880 bits per heavy atom. The zero-order valence-corrected chi connectivity index (χ0v) is 15.0. The van der Waals surface area contributed by atoms with Gasteiger partial charge in [-0.05, 0) is 43.1 Å². The fourth-order valence-electron chi connectivity index (χ4n) is 3.13. The van der Waals surface area contributed by atoms with Crippen LogP contribution >= 0.6 is 0 Å². The van der Waals surface area contributed by atoms with E-state index in [2.05, 4.69) is 4.90 Å². The molecule has 1 heterocycles. The van der Waals surface area contributed by atoms with Crippen molar-refractivity contribution in [1.29, 1.82) is 0 Å². The Morgan fingerprint density at radius 2 is 1.52 bits per heavy atom. The quantitative estimate of drug-likeness (QED) is 0.793. The van der Waals surface area contributed by atoms with Crippen LogP contribution in [0.3, 0.4) is 0 Å². The van der Waals surface area contributed by atoms with E-state index in [0.717, 1.165) is 18.5 Å². The SMILES string of the molecule is O=S(=O)(c1ccccc1)N1CCN(CCCc2ccccc2F)CC1. The van der Waals surface area contributed by atoms with Gasteiger partial charge in [0.05, 0.1) is 4.90 Å². The number of hydrogen-bond donors (Lipinski definition) is 0. The van der Waals surface area contributed by atoms with Gasteiger partial charge in [0.15, 0.2) is 0 Å². The summed E-state index contributed by atoms with van der Waals surface area (Å²) in [4.78, 5) is 2.60. The average Bonchev–Trinajstić information content (AvgIpc) is 2.64. The third kappa shape index (κ3) is 4.45. The van der Waals surface area contributed by atoms with Crippen LogP contribution in [0.2, 0.25) is 0 Å². The summed E-state index contributed by atoms with van der Waals surface area (Å²) in [6, 6.07) is 15.4. The van der Waals surface area contributed by atoms with Crippen LogP contribution in [0, 0.1) is 5.82 Å². The lowest BCUT2D eigenvalue weighted by molar-refractivity contribution is 0.186. The smallest absolute Gasteiger partial charge is 0.243 e. The molecule has 4 nitrogen and oxygen atoms in total. The second kappa shape index (κ2) is 8.08. The summed E-state index contributed by atoms with van der Waals surface area (Å²) in [7, 11) is -3.40. The van der Waals surface area contributed by atoms with Crippen LogP contribution in [0.15, 0.2) is 59.5 Å². The second-order valence-corrected chi connectivity index (χ2v) is 8.19. The van der Waals surface area contributed by atoms with E-state index in [1.165, 1.54) is 6.07 Å². The molecule has 1 saturated heterocycles. The molecule has 0 spiro atoms. The van der Waals surface area contributed by atoms with Crippen molar-refractivity contribution in [2.24, 2.45) is 0 Å². The van der Waals surface area contributed by atoms with Crippen molar-refractivity contribution in [3.8, 4) is 0 Å². The molecule has 0 aromatic heterocycles. The highest BCUT2D eigenvalue weighted by atomic mass is 32.2. The molecule has 0 saturated carbocycles. The lowest BCUT2D eigenvalue weighted by atomic mass is 10.1. The maximum Gasteiger partial charge on any atom is 0.243 e. The van der Waals surface area contributed by atoms with Gasteiger partial charge in [-0.2, -0.15) is 4.31 Å². The van der Waals surface area contributed by atoms with E-state index in [9.17, 15) is 12.8 Å². The van der Waals surface area contributed by atoms with Crippen LogP contribution in [0.4, 0.5) is 4.39 Å². The van der Waals surface area contributed by atoms with Gasteiger partial charge in [-0.15, -0.1) is 0 Å². The molecule has 0 radical (unpaired) electrons. The number of nitrogens with zero attached hydrogens (tertiary/aromatic N) is 2. The van der Waals surface area contributed by atoms with Gasteiger partial charge < -0.3 is 4.90 Å². The highest BCUT2D eigenvalue weighted by Gasteiger charge is 2.27. The molecule has 2 aromatic rings. The van der Waals surface area contributed by atoms with E-state index in [-0.39, 0.29) is 5.82 Å². The topological polar surface area (TPSA) is 40.6 Å². The van der Waals surface area contributed by atoms with Crippen LogP contribution in [-0.2, 0) is 16.4 Å². The van der Waals surface area contributed by atoms with Crippen LogP contribution in [0.25, 0.3) is 0 Å². The van der Waals surface area contributed by atoms with Crippen LogP contribution in [0.5, 0.6) is 0 Å². The first kappa shape index (κ1) is 18.0. The highest BCUT2D eigenvalue weighted by Crippen LogP contribution is 2.17. The Morgan fingerprint density at radius 3 is 2.20 bits per heavy atom. The first-order valence-corrected chi connectivity index (χ1v) is 10.0. The van der Waals surface area contributed by atoms with Crippen molar-refractivity contribution < 1.29 is 12.8 Å². The molecule has 1 fully saturated rings. The van der Waals surface area contributed by atoms with E-state index in [0.29, 0.717) is 37.5 Å². The van der Waals surface area contributed by atoms with Crippen LogP contribution in [0.1, 0.15) is 12.0 Å². The van der Waals surface area contributed by atoms with Gasteiger partial charge >= 0.3 is 0 Å². The van der Waals surface area contributed by atoms with Gasteiger partial charge in [0.1, 0.15) is 5.82 Å². The molecule has 0 N–H and O–H groups in total. The summed E-state index contributed by atoms with van der Waals surface area (Å²) in [5, 5.41) is 0. The van der Waals surface area contributed by atoms with E-state index in [1.807, 2.05) is 18.2 Å². The Labute approximate surface area is 148 Å². The molecule has 0 amide bonds. The van der Waals surface area contributed by atoms with Crippen molar-refractivity contribution in [3.63, 3.8) is 0 Å². The number of aryl methyl sites for hydroxylation is 1. The fourth-order valence-corrected chi connectivity index (χ4v) is 4.57. The minimum absolute atomic E-state index is 0.152. The van der Waals surface area contributed by atoms with E-state index in [4.69, 9.17) is 0 Å². The maximum absolute atomic E-state index is 13.6. The third-order valence-electron chi connectivity index (χ3n) is 4.59. The molecule has 1 aliphatic heterocycles. The Kier molecular flexibility index (Phi) is 5.83. The Bertz CT molecular complexity index is 788. The maximum atomic E-state index is 13.6. The molecular formula is C19H23FN2O2S. The molecule has 6 heteroatoms. The molecule has 0 unspecified atom stereocenters. The van der Waals surface area contributed by atoms with Crippen molar-refractivity contribution in [1.82, 2.24) is 9.21 Å². The van der Waals surface area contributed by atoms with Crippen molar-refractivity contribution in [3.05, 3.63) is 66.0 Å². The predicted molar refractivity (Wildman–Crippen MR) is 96.4 cm³/mol. The van der Waals surface area contributed by atoms with E-state index < -0.39 is 10.0 Å². The summed E-state index contributed by atoms with van der Waals surface area (Å²) in [6.07, 6.45) is 1.57. The van der Waals surface area contributed by atoms with Crippen molar-refractivity contribution in [2.75, 3.05) is 32.7 Å². The molecule has 0 aliphatic carbocycles. The molecular weight excluding hydrogens is 339 g/mol. The standard InChI is InChI=1S/C19H23FN2O2S/c20-19-11-5-4-7-17(19)8-6-12-21-13-15-22(16-14-21)25(23,24)18-9-2-1-3-10-18/h1-5,7,9-11H,6,8,12-16H2. The van der Waals surface area contributed by atoms with E-state index in [1.54, 1.807) is 34.6 Å². The molecule has 2 aromatic carbocycles. The number of sulfonamides is 1. The third-order valence-corrected chi connectivity index (χ3v) is 6.50. The molecule has 25 heavy (non-hydrogen) atoms. The molecule has 0 atom stereocenters. The van der Waals surface area contributed by atoms with Crippen molar-refractivity contribution in [2.45, 2.75) is 17.7 Å². The average molecular weight is 362 g/mol. The Hall–Kier alpha value is -1.76. The first-order valence-electron chi connectivity index (χ1n) is 8.58. The predicted octanol–water partition coefficient (Wildman–Crippen LogP) is 2.76. The number of halogens is 1. The second-order valence-electron chi connectivity index (χ2n) is 6.25. The number of hydrogen-bond acceptors (Lipinski definition) is 3. The van der Waals surface area contributed by atoms with Crippen LogP contribution in [-0.4, -0.2) is 50.3 Å². The molecule has 134 valence electrons. The number of benzene rings is 2. The number of rotatable bonds is 6. The van der Waals surface area contributed by atoms with Gasteiger partial charge in [-0.25, -0.2) is 12.8 Å².